The molecule has 1 aromatic rings. The number of piperidine rings is 1. The van der Waals surface area contributed by atoms with Crippen LogP contribution in [0.15, 0.2) is 42.0 Å². The SMILES string of the molecule is CCOC(=O)N1CCC2(C=C(C#Cc3ccccc3)CO2)CC1. The summed E-state index contributed by atoms with van der Waals surface area (Å²) in [7, 11) is 0. The lowest BCUT2D eigenvalue weighted by atomic mass is 9.91. The molecule has 4 heteroatoms. The molecule has 2 heterocycles. The highest BCUT2D eigenvalue weighted by molar-refractivity contribution is 5.67. The molecule has 0 saturated carbocycles. The number of hydrogen-bond acceptors (Lipinski definition) is 3. The number of nitrogens with zero attached hydrogens (tertiary/aromatic N) is 1. The first-order chi connectivity index (χ1) is 11.2. The van der Waals surface area contributed by atoms with Gasteiger partial charge < -0.3 is 14.4 Å². The molecular formula is C19H21NO3. The molecular weight excluding hydrogens is 290 g/mol. The van der Waals surface area contributed by atoms with Gasteiger partial charge in [-0.2, -0.15) is 0 Å². The molecule has 0 atom stereocenters. The van der Waals surface area contributed by atoms with Gasteiger partial charge in [-0.15, -0.1) is 0 Å². The van der Waals surface area contributed by atoms with Crippen LogP contribution in [0.2, 0.25) is 0 Å². The first-order valence-electron chi connectivity index (χ1n) is 8.05. The molecule has 1 saturated heterocycles. The van der Waals surface area contributed by atoms with Gasteiger partial charge in [0.25, 0.3) is 0 Å². The molecule has 1 fully saturated rings. The number of benzene rings is 1. The highest BCUT2D eigenvalue weighted by atomic mass is 16.6. The second-order valence-electron chi connectivity index (χ2n) is 5.83. The minimum atomic E-state index is -0.260. The first-order valence-corrected chi connectivity index (χ1v) is 8.05. The molecule has 3 rings (SSSR count). The van der Waals surface area contributed by atoms with Gasteiger partial charge in [0.2, 0.25) is 0 Å². The van der Waals surface area contributed by atoms with Gasteiger partial charge in [0.1, 0.15) is 0 Å². The Bertz CT molecular complexity index is 646. The van der Waals surface area contributed by atoms with Crippen LogP contribution in [-0.4, -0.2) is 42.9 Å². The predicted octanol–water partition coefficient (Wildman–Crippen LogP) is 2.99. The third-order valence-electron chi connectivity index (χ3n) is 4.23. The van der Waals surface area contributed by atoms with Crippen molar-refractivity contribution in [3.63, 3.8) is 0 Å². The monoisotopic (exact) mass is 311 g/mol. The summed E-state index contributed by atoms with van der Waals surface area (Å²) in [5.74, 6) is 6.37. The molecule has 0 unspecified atom stereocenters. The fourth-order valence-electron chi connectivity index (χ4n) is 2.94. The maximum Gasteiger partial charge on any atom is 0.409 e. The summed E-state index contributed by atoms with van der Waals surface area (Å²) in [5, 5.41) is 0. The van der Waals surface area contributed by atoms with Gasteiger partial charge in [0.05, 0.1) is 18.8 Å². The number of amides is 1. The zero-order chi connectivity index (χ0) is 16.1. The Morgan fingerprint density at radius 3 is 2.70 bits per heavy atom. The summed E-state index contributed by atoms with van der Waals surface area (Å²) >= 11 is 0. The topological polar surface area (TPSA) is 38.8 Å². The minimum absolute atomic E-state index is 0.228. The van der Waals surface area contributed by atoms with Crippen molar-refractivity contribution in [2.24, 2.45) is 0 Å². The van der Waals surface area contributed by atoms with Crippen molar-refractivity contribution in [3.05, 3.63) is 47.5 Å². The van der Waals surface area contributed by atoms with E-state index in [4.69, 9.17) is 9.47 Å². The molecule has 0 aromatic heterocycles. The van der Waals surface area contributed by atoms with E-state index in [0.29, 0.717) is 26.3 Å². The maximum absolute atomic E-state index is 11.8. The largest absolute Gasteiger partial charge is 0.450 e. The number of likely N-dealkylation sites (tertiary alicyclic amines) is 1. The Hall–Kier alpha value is -2.25. The van der Waals surface area contributed by atoms with Gasteiger partial charge in [-0.25, -0.2) is 4.79 Å². The van der Waals surface area contributed by atoms with Gasteiger partial charge >= 0.3 is 6.09 Å². The molecule has 1 amide bonds. The molecule has 0 bridgehead atoms. The summed E-state index contributed by atoms with van der Waals surface area (Å²) < 4.78 is 11.0. The molecule has 2 aliphatic rings. The first kappa shape index (κ1) is 15.6. The summed E-state index contributed by atoms with van der Waals surface area (Å²) in [4.78, 5) is 13.5. The van der Waals surface area contributed by atoms with Crippen LogP contribution in [0.3, 0.4) is 0 Å². The van der Waals surface area contributed by atoms with Crippen molar-refractivity contribution < 1.29 is 14.3 Å². The van der Waals surface area contributed by atoms with Gasteiger partial charge in [0.15, 0.2) is 0 Å². The lowest BCUT2D eigenvalue weighted by molar-refractivity contribution is -0.0226. The van der Waals surface area contributed by atoms with Crippen molar-refractivity contribution in [1.29, 1.82) is 0 Å². The average molecular weight is 311 g/mol. The number of carbonyl (C=O) groups is 1. The Morgan fingerprint density at radius 2 is 2.00 bits per heavy atom. The van der Waals surface area contributed by atoms with Crippen LogP contribution >= 0.6 is 0 Å². The van der Waals surface area contributed by atoms with Gasteiger partial charge in [0, 0.05) is 24.2 Å². The zero-order valence-corrected chi connectivity index (χ0v) is 13.4. The Kier molecular flexibility index (Phi) is 4.68. The van der Waals surface area contributed by atoms with E-state index in [1.165, 1.54) is 0 Å². The van der Waals surface area contributed by atoms with Crippen molar-refractivity contribution in [3.8, 4) is 11.8 Å². The summed E-state index contributed by atoms with van der Waals surface area (Å²) in [6.07, 6.45) is 3.50. The zero-order valence-electron chi connectivity index (χ0n) is 13.4. The predicted molar refractivity (Wildman–Crippen MR) is 87.9 cm³/mol. The van der Waals surface area contributed by atoms with Crippen LogP contribution in [0.5, 0.6) is 0 Å². The second-order valence-corrected chi connectivity index (χ2v) is 5.83. The molecule has 1 aromatic carbocycles. The summed E-state index contributed by atoms with van der Waals surface area (Å²) in [5.41, 5.74) is 1.77. The van der Waals surface area contributed by atoms with E-state index in [1.807, 2.05) is 37.3 Å². The van der Waals surface area contributed by atoms with Gasteiger partial charge in [-0.3, -0.25) is 0 Å². The lowest BCUT2D eigenvalue weighted by Crippen LogP contribution is -2.46. The van der Waals surface area contributed by atoms with E-state index >= 15 is 0 Å². The molecule has 120 valence electrons. The highest BCUT2D eigenvalue weighted by Crippen LogP contribution is 2.33. The lowest BCUT2D eigenvalue weighted by Gasteiger charge is -2.36. The molecule has 0 aliphatic carbocycles. The summed E-state index contributed by atoms with van der Waals surface area (Å²) in [6.45, 7) is 4.11. The highest BCUT2D eigenvalue weighted by Gasteiger charge is 2.38. The molecule has 0 N–H and O–H groups in total. The molecule has 1 spiro atoms. The normalized spacial score (nSPS) is 19.0. The molecule has 0 radical (unpaired) electrons. The molecule has 4 nitrogen and oxygen atoms in total. The van der Waals surface area contributed by atoms with Crippen LogP contribution in [-0.2, 0) is 9.47 Å². The molecule has 2 aliphatic heterocycles. The van der Waals surface area contributed by atoms with E-state index in [2.05, 4.69) is 17.9 Å². The van der Waals surface area contributed by atoms with Crippen LogP contribution in [0.25, 0.3) is 0 Å². The number of hydrogen-bond donors (Lipinski definition) is 0. The van der Waals surface area contributed by atoms with Gasteiger partial charge in [-0.05, 0) is 38.0 Å². The van der Waals surface area contributed by atoms with Crippen LogP contribution < -0.4 is 0 Å². The average Bonchev–Trinajstić information content (AvgIpc) is 2.98. The fourth-order valence-corrected chi connectivity index (χ4v) is 2.94. The van der Waals surface area contributed by atoms with E-state index in [9.17, 15) is 4.79 Å². The van der Waals surface area contributed by atoms with Gasteiger partial charge in [-0.1, -0.05) is 30.0 Å². The third-order valence-corrected chi connectivity index (χ3v) is 4.23. The molecule has 23 heavy (non-hydrogen) atoms. The van der Waals surface area contributed by atoms with Crippen molar-refractivity contribution in [2.45, 2.75) is 25.4 Å². The Balaban J connectivity index is 1.62. The number of ether oxygens (including phenoxy) is 2. The van der Waals surface area contributed by atoms with Crippen LogP contribution in [0.1, 0.15) is 25.3 Å². The fraction of sp³-hybridized carbons (Fsp3) is 0.421. The van der Waals surface area contributed by atoms with E-state index in [-0.39, 0.29) is 11.7 Å². The number of rotatable bonds is 1. The third kappa shape index (κ3) is 3.75. The number of carbonyl (C=O) groups excluding carboxylic acids is 1. The van der Waals surface area contributed by atoms with Crippen molar-refractivity contribution in [1.82, 2.24) is 4.90 Å². The minimum Gasteiger partial charge on any atom is -0.450 e. The van der Waals surface area contributed by atoms with Crippen molar-refractivity contribution >= 4 is 6.09 Å². The Labute approximate surface area is 137 Å². The van der Waals surface area contributed by atoms with Crippen LogP contribution in [0, 0.1) is 11.8 Å². The van der Waals surface area contributed by atoms with E-state index in [1.54, 1.807) is 4.90 Å². The smallest absolute Gasteiger partial charge is 0.409 e. The maximum atomic E-state index is 11.8. The van der Waals surface area contributed by atoms with Crippen molar-refractivity contribution in [2.75, 3.05) is 26.3 Å². The van der Waals surface area contributed by atoms with E-state index < -0.39 is 0 Å². The van der Waals surface area contributed by atoms with Crippen LogP contribution in [0.4, 0.5) is 4.79 Å². The van der Waals surface area contributed by atoms with E-state index in [0.717, 1.165) is 24.0 Å². The quantitative estimate of drug-likeness (QED) is 0.749. The Morgan fingerprint density at radius 1 is 1.26 bits per heavy atom. The second kappa shape index (κ2) is 6.89. The summed E-state index contributed by atoms with van der Waals surface area (Å²) in [6, 6.07) is 9.94. The standard InChI is InChI=1S/C19H21NO3/c1-2-22-18(21)20-12-10-19(11-13-20)14-17(15-23-19)9-8-16-6-4-3-5-7-16/h3-7,14H,2,10-13,15H2,1H3.